The lowest BCUT2D eigenvalue weighted by Crippen LogP contribution is -2.63. The number of aliphatic hydroxyl groups is 3. The molecule has 2 aromatic carbocycles. The van der Waals surface area contributed by atoms with Crippen LogP contribution in [-0.4, -0.2) is 68.5 Å². The SMILES string of the molecule is CN(C)[C@@H]1C(O)=C(C(N)=O)C(=O)[C@@]2(O)C(O)=C3C(=O)c4c(O)ccc(-c5cc6ccccc6s5)c4C[C@H]3C[C@@H]12. The number of carbonyl (C=O) groups excluding carboxylic acids is 3. The van der Waals surface area contributed by atoms with Crippen molar-refractivity contribution in [3.63, 3.8) is 0 Å². The number of amides is 1. The molecule has 0 spiro atoms. The number of phenolic OH excluding ortho intramolecular Hbond substituents is 1. The minimum atomic E-state index is -2.65. The van der Waals surface area contributed by atoms with Crippen LogP contribution in [0.5, 0.6) is 5.75 Å². The first-order chi connectivity index (χ1) is 18.5. The van der Waals surface area contributed by atoms with E-state index in [9.17, 15) is 34.8 Å². The maximum atomic E-state index is 13.9. The van der Waals surface area contributed by atoms with E-state index in [0.29, 0.717) is 5.56 Å². The Bertz CT molecular complexity index is 1650. The fourth-order valence-corrected chi connectivity index (χ4v) is 7.71. The molecule has 1 heterocycles. The minimum absolute atomic E-state index is 0.00531. The molecule has 3 aromatic rings. The Morgan fingerprint density at radius 1 is 1.10 bits per heavy atom. The molecule has 0 bridgehead atoms. The van der Waals surface area contributed by atoms with Gasteiger partial charge in [0.15, 0.2) is 11.4 Å². The van der Waals surface area contributed by atoms with Crippen LogP contribution in [0.3, 0.4) is 0 Å². The number of ketones is 2. The second kappa shape index (κ2) is 8.51. The molecule has 3 aliphatic rings. The summed E-state index contributed by atoms with van der Waals surface area (Å²) in [5.41, 5.74) is 3.13. The average molecular weight is 547 g/mol. The van der Waals surface area contributed by atoms with Crippen LogP contribution < -0.4 is 5.73 Å². The number of carbonyl (C=O) groups is 3. The first-order valence-electron chi connectivity index (χ1n) is 12.4. The summed E-state index contributed by atoms with van der Waals surface area (Å²) >= 11 is 1.56. The van der Waals surface area contributed by atoms with Crippen molar-refractivity contribution in [1.29, 1.82) is 0 Å². The van der Waals surface area contributed by atoms with E-state index in [1.54, 1.807) is 31.5 Å². The normalized spacial score (nSPS) is 26.6. The van der Waals surface area contributed by atoms with E-state index in [1.165, 1.54) is 11.0 Å². The number of rotatable bonds is 3. The summed E-state index contributed by atoms with van der Waals surface area (Å²) in [7, 11) is 3.20. The molecule has 6 N–H and O–H groups in total. The standard InChI is InChI=1S/C29H26N2O7S/c1-31(2)23-16-10-13-9-15-14(19-11-12-5-3-4-6-18(12)39-19)7-8-17(32)21(15)24(33)20(13)26(35)29(16,38)27(36)22(25(23)34)28(30)37/h3-8,11,13,16,23,32,34-35,38H,9-10H2,1-2H3,(H2,30,37)/t13-,16-,23-,29-/m0/s1. The summed E-state index contributed by atoms with van der Waals surface area (Å²) in [6.45, 7) is 0. The molecule has 0 unspecified atom stereocenters. The predicted octanol–water partition coefficient (Wildman–Crippen LogP) is 3.00. The number of phenols is 1. The molecule has 0 saturated heterocycles. The van der Waals surface area contributed by atoms with Gasteiger partial charge in [-0.05, 0) is 73.6 Å². The quantitative estimate of drug-likeness (QED) is 0.313. The number of benzene rings is 2. The van der Waals surface area contributed by atoms with Crippen molar-refractivity contribution in [3.8, 4) is 16.2 Å². The molecular formula is C29H26N2O7S. The van der Waals surface area contributed by atoms with Crippen molar-refractivity contribution >= 4 is 38.9 Å². The van der Waals surface area contributed by atoms with E-state index < -0.39 is 58.0 Å². The van der Waals surface area contributed by atoms with E-state index >= 15 is 0 Å². The summed E-state index contributed by atoms with van der Waals surface area (Å²) in [5, 5.41) is 45.8. The van der Waals surface area contributed by atoms with Crippen LogP contribution >= 0.6 is 11.3 Å². The highest BCUT2D eigenvalue weighted by atomic mass is 32.1. The van der Waals surface area contributed by atoms with Gasteiger partial charge in [-0.1, -0.05) is 18.2 Å². The molecule has 3 aliphatic carbocycles. The number of Topliss-reactive ketones (excluding diaryl/α,β-unsaturated/α-hetero) is 2. The minimum Gasteiger partial charge on any atom is -0.510 e. The lowest BCUT2D eigenvalue weighted by molar-refractivity contribution is -0.148. The highest BCUT2D eigenvalue weighted by Crippen LogP contribution is 2.53. The zero-order valence-electron chi connectivity index (χ0n) is 21.1. The third-order valence-electron chi connectivity index (χ3n) is 8.30. The van der Waals surface area contributed by atoms with Crippen molar-refractivity contribution in [2.45, 2.75) is 24.5 Å². The number of hydrogen-bond donors (Lipinski definition) is 5. The largest absolute Gasteiger partial charge is 0.510 e. The third kappa shape index (κ3) is 3.35. The van der Waals surface area contributed by atoms with Gasteiger partial charge < -0.3 is 26.2 Å². The number of nitrogens with two attached hydrogens (primary N) is 1. The highest BCUT2D eigenvalue weighted by Gasteiger charge is 2.63. The number of allylic oxidation sites excluding steroid dienone is 1. The molecule has 200 valence electrons. The first-order valence-corrected chi connectivity index (χ1v) is 13.3. The number of aromatic hydroxyl groups is 1. The number of thiophene rings is 1. The van der Waals surface area contributed by atoms with Crippen LogP contribution in [0.4, 0.5) is 0 Å². The molecule has 9 nitrogen and oxygen atoms in total. The van der Waals surface area contributed by atoms with Crippen molar-refractivity contribution in [2.75, 3.05) is 14.1 Å². The smallest absolute Gasteiger partial charge is 0.255 e. The predicted molar refractivity (Wildman–Crippen MR) is 144 cm³/mol. The van der Waals surface area contributed by atoms with Crippen molar-refractivity contribution in [1.82, 2.24) is 4.90 Å². The Hall–Kier alpha value is -3.99. The van der Waals surface area contributed by atoms with Crippen LogP contribution in [0.25, 0.3) is 20.5 Å². The van der Waals surface area contributed by atoms with Gasteiger partial charge >= 0.3 is 0 Å². The van der Waals surface area contributed by atoms with Gasteiger partial charge in [-0.3, -0.25) is 19.3 Å². The topological polar surface area (TPSA) is 161 Å². The van der Waals surface area contributed by atoms with Crippen molar-refractivity contribution < 1.29 is 34.8 Å². The Kier molecular flexibility index (Phi) is 5.52. The number of aliphatic hydroxyl groups excluding tert-OH is 2. The van der Waals surface area contributed by atoms with Crippen LogP contribution in [0.15, 0.2) is 65.1 Å². The molecule has 0 radical (unpaired) electrons. The zero-order valence-corrected chi connectivity index (χ0v) is 22.0. The van der Waals surface area contributed by atoms with Gasteiger partial charge in [-0.25, -0.2) is 0 Å². The van der Waals surface area contributed by atoms with Gasteiger partial charge in [-0.2, -0.15) is 0 Å². The number of primary amides is 1. The van der Waals surface area contributed by atoms with E-state index in [2.05, 4.69) is 0 Å². The summed E-state index contributed by atoms with van der Waals surface area (Å²) in [4.78, 5) is 41.8. The summed E-state index contributed by atoms with van der Waals surface area (Å²) in [6.07, 6.45) is 0.291. The molecule has 1 amide bonds. The molecular weight excluding hydrogens is 520 g/mol. The zero-order chi connectivity index (χ0) is 28.0. The van der Waals surface area contributed by atoms with Crippen molar-refractivity contribution in [2.24, 2.45) is 17.6 Å². The Morgan fingerprint density at radius 2 is 1.82 bits per heavy atom. The molecule has 4 atom stereocenters. The summed E-state index contributed by atoms with van der Waals surface area (Å²) in [6, 6.07) is 12.1. The van der Waals surface area contributed by atoms with Gasteiger partial charge in [0.2, 0.25) is 5.78 Å². The number of fused-ring (bicyclic) bond motifs is 4. The van der Waals surface area contributed by atoms with Crippen molar-refractivity contribution in [3.05, 3.63) is 76.3 Å². The Balaban J connectivity index is 1.55. The average Bonchev–Trinajstić information content (AvgIpc) is 3.30. The molecule has 0 aliphatic heterocycles. The monoisotopic (exact) mass is 546 g/mol. The van der Waals surface area contributed by atoms with Gasteiger partial charge in [0, 0.05) is 21.1 Å². The van der Waals surface area contributed by atoms with Crippen LogP contribution in [0.2, 0.25) is 0 Å². The molecule has 10 heteroatoms. The van der Waals surface area contributed by atoms with E-state index in [-0.39, 0.29) is 29.7 Å². The maximum absolute atomic E-state index is 13.9. The number of hydrogen-bond acceptors (Lipinski definition) is 9. The van der Waals surface area contributed by atoms with Gasteiger partial charge in [-0.15, -0.1) is 11.3 Å². The second-order valence-corrected chi connectivity index (χ2v) is 11.7. The molecule has 6 rings (SSSR count). The molecule has 0 saturated carbocycles. The van der Waals surface area contributed by atoms with Crippen LogP contribution in [0.1, 0.15) is 22.3 Å². The fourth-order valence-electron chi connectivity index (χ4n) is 6.60. The summed E-state index contributed by atoms with van der Waals surface area (Å²) in [5.74, 6) is -6.60. The van der Waals surface area contributed by atoms with E-state index in [1.807, 2.05) is 30.3 Å². The van der Waals surface area contributed by atoms with E-state index in [4.69, 9.17) is 5.73 Å². The molecule has 39 heavy (non-hydrogen) atoms. The van der Waals surface area contributed by atoms with Gasteiger partial charge in [0.05, 0.1) is 11.6 Å². The summed E-state index contributed by atoms with van der Waals surface area (Å²) < 4.78 is 1.07. The molecule has 1 aromatic heterocycles. The molecule has 0 fully saturated rings. The number of likely N-dealkylation sites (N-methyl/N-ethyl adjacent to an activating group) is 1. The maximum Gasteiger partial charge on any atom is 0.255 e. The van der Waals surface area contributed by atoms with E-state index in [0.717, 1.165) is 20.5 Å². The lowest BCUT2D eigenvalue weighted by Gasteiger charge is -2.50. The van der Waals surface area contributed by atoms with Gasteiger partial charge in [0.25, 0.3) is 5.91 Å². The van der Waals surface area contributed by atoms with Crippen LogP contribution in [-0.2, 0) is 16.0 Å². The highest BCUT2D eigenvalue weighted by molar-refractivity contribution is 7.22. The Labute approximate surface area is 227 Å². The van der Waals surface area contributed by atoms with Gasteiger partial charge in [0.1, 0.15) is 22.8 Å². The Morgan fingerprint density at radius 3 is 2.49 bits per heavy atom. The first kappa shape index (κ1) is 25.3. The lowest BCUT2D eigenvalue weighted by atomic mass is 9.58. The second-order valence-electron chi connectivity index (χ2n) is 10.6. The van der Waals surface area contributed by atoms with Crippen LogP contribution in [0, 0.1) is 11.8 Å². The third-order valence-corrected chi connectivity index (χ3v) is 9.45. The fraction of sp³-hybridized carbons (Fsp3) is 0.276. The number of nitrogens with zero attached hydrogens (tertiary/aromatic N) is 1.